The van der Waals surface area contributed by atoms with Crippen LogP contribution in [-0.2, 0) is 4.74 Å². The highest BCUT2D eigenvalue weighted by molar-refractivity contribution is 4.96. The molecule has 0 saturated heterocycles. The van der Waals surface area contributed by atoms with Crippen molar-refractivity contribution >= 4 is 0 Å². The lowest BCUT2D eigenvalue weighted by molar-refractivity contribution is 0.126. The Hall–Kier alpha value is -0.960. The van der Waals surface area contributed by atoms with Crippen LogP contribution in [0.25, 0.3) is 0 Å². The highest BCUT2D eigenvalue weighted by atomic mass is 16.5. The molecular formula is C10H20N2O. The lowest BCUT2D eigenvalue weighted by atomic mass is 10.1. The summed E-state index contributed by atoms with van der Waals surface area (Å²) in [5, 5.41) is 0. The van der Waals surface area contributed by atoms with Crippen LogP contribution in [0.5, 0.6) is 0 Å². The van der Waals surface area contributed by atoms with Crippen molar-refractivity contribution < 1.29 is 4.74 Å². The molecule has 0 heterocycles. The van der Waals surface area contributed by atoms with Crippen LogP contribution in [0, 0.1) is 0 Å². The molecule has 0 spiro atoms. The van der Waals surface area contributed by atoms with Crippen LogP contribution >= 0.6 is 0 Å². The number of rotatable bonds is 7. The molecular weight excluding hydrogens is 164 g/mol. The smallest absolute Gasteiger partial charge is 0.0955 e. The van der Waals surface area contributed by atoms with E-state index in [0.29, 0.717) is 12.4 Å². The summed E-state index contributed by atoms with van der Waals surface area (Å²) in [4.78, 5) is 1.85. The zero-order valence-electron chi connectivity index (χ0n) is 8.62. The SMILES string of the molecule is C=CN(C(=C)N)[C@@H](CCC)COC. The van der Waals surface area contributed by atoms with Crippen molar-refractivity contribution in [2.75, 3.05) is 13.7 Å². The summed E-state index contributed by atoms with van der Waals surface area (Å²) in [5.74, 6) is 0.519. The number of hydrogen-bond acceptors (Lipinski definition) is 3. The fraction of sp³-hybridized carbons (Fsp3) is 0.600. The molecule has 0 radical (unpaired) electrons. The van der Waals surface area contributed by atoms with E-state index in [2.05, 4.69) is 20.1 Å². The van der Waals surface area contributed by atoms with E-state index in [1.807, 2.05) is 4.90 Å². The maximum absolute atomic E-state index is 5.61. The second-order valence-electron chi connectivity index (χ2n) is 2.98. The topological polar surface area (TPSA) is 38.5 Å². The maximum Gasteiger partial charge on any atom is 0.0955 e. The van der Waals surface area contributed by atoms with Crippen LogP contribution in [-0.4, -0.2) is 24.7 Å². The third-order valence-electron chi connectivity index (χ3n) is 1.90. The monoisotopic (exact) mass is 184 g/mol. The van der Waals surface area contributed by atoms with Crippen LogP contribution in [0.2, 0.25) is 0 Å². The zero-order chi connectivity index (χ0) is 10.3. The van der Waals surface area contributed by atoms with E-state index in [-0.39, 0.29) is 6.04 Å². The van der Waals surface area contributed by atoms with Gasteiger partial charge in [0.05, 0.1) is 18.5 Å². The molecule has 1 atom stereocenters. The lowest BCUT2D eigenvalue weighted by Crippen LogP contribution is -2.36. The van der Waals surface area contributed by atoms with Gasteiger partial charge in [-0.05, 0) is 12.6 Å². The van der Waals surface area contributed by atoms with Crippen LogP contribution in [0.1, 0.15) is 19.8 Å². The summed E-state index contributed by atoms with van der Waals surface area (Å²) in [6.07, 6.45) is 3.81. The molecule has 0 rings (SSSR count). The van der Waals surface area contributed by atoms with Gasteiger partial charge in [-0.25, -0.2) is 0 Å². The number of nitrogens with two attached hydrogens (primary N) is 1. The van der Waals surface area contributed by atoms with Gasteiger partial charge in [0.2, 0.25) is 0 Å². The van der Waals surface area contributed by atoms with Gasteiger partial charge in [-0.2, -0.15) is 0 Å². The van der Waals surface area contributed by atoms with Crippen LogP contribution in [0.4, 0.5) is 0 Å². The molecule has 0 aliphatic rings. The summed E-state index contributed by atoms with van der Waals surface area (Å²) >= 11 is 0. The maximum atomic E-state index is 5.61. The van der Waals surface area contributed by atoms with Crippen molar-refractivity contribution in [3.05, 3.63) is 25.2 Å². The van der Waals surface area contributed by atoms with Crippen LogP contribution in [0.3, 0.4) is 0 Å². The van der Waals surface area contributed by atoms with Crippen molar-refractivity contribution in [3.8, 4) is 0 Å². The molecule has 0 aromatic heterocycles. The Kier molecular flexibility index (Phi) is 6.06. The summed E-state index contributed by atoms with van der Waals surface area (Å²) in [6.45, 7) is 10.2. The minimum atomic E-state index is 0.255. The van der Waals surface area contributed by atoms with Gasteiger partial charge in [0.1, 0.15) is 0 Å². The van der Waals surface area contributed by atoms with Crippen LogP contribution in [0.15, 0.2) is 25.2 Å². The first kappa shape index (κ1) is 12.0. The summed E-state index contributed by atoms with van der Waals surface area (Å²) in [6, 6.07) is 0.255. The van der Waals surface area contributed by atoms with Crippen molar-refractivity contribution in [1.82, 2.24) is 4.90 Å². The van der Waals surface area contributed by atoms with E-state index in [1.54, 1.807) is 13.3 Å². The van der Waals surface area contributed by atoms with Gasteiger partial charge >= 0.3 is 0 Å². The van der Waals surface area contributed by atoms with Crippen molar-refractivity contribution in [1.29, 1.82) is 0 Å². The van der Waals surface area contributed by atoms with Gasteiger partial charge in [0.25, 0.3) is 0 Å². The Morgan fingerprint density at radius 2 is 2.31 bits per heavy atom. The van der Waals surface area contributed by atoms with E-state index in [4.69, 9.17) is 10.5 Å². The lowest BCUT2D eigenvalue weighted by Gasteiger charge is -2.29. The molecule has 0 amide bonds. The standard InChI is InChI=1S/C10H20N2O/c1-5-7-10(8-13-4)12(6-2)9(3)11/h6,10H,2-3,5,7-8,11H2,1,4H3/t10-/m0/s1. The molecule has 3 heteroatoms. The average molecular weight is 184 g/mol. The Morgan fingerprint density at radius 3 is 2.62 bits per heavy atom. The predicted molar refractivity (Wildman–Crippen MR) is 55.9 cm³/mol. The van der Waals surface area contributed by atoms with Gasteiger partial charge in [0, 0.05) is 7.11 Å². The fourth-order valence-electron chi connectivity index (χ4n) is 1.33. The first-order valence-electron chi connectivity index (χ1n) is 4.51. The van der Waals surface area contributed by atoms with E-state index in [9.17, 15) is 0 Å². The Labute approximate surface area is 80.9 Å². The highest BCUT2D eigenvalue weighted by Gasteiger charge is 2.14. The molecule has 13 heavy (non-hydrogen) atoms. The van der Waals surface area contributed by atoms with Gasteiger partial charge in [-0.15, -0.1) is 0 Å². The average Bonchev–Trinajstić information content (AvgIpc) is 2.05. The molecule has 0 aromatic carbocycles. The number of nitrogens with zero attached hydrogens (tertiary/aromatic N) is 1. The molecule has 3 nitrogen and oxygen atoms in total. The minimum absolute atomic E-state index is 0.255. The van der Waals surface area contributed by atoms with Crippen molar-refractivity contribution in [3.63, 3.8) is 0 Å². The Bertz CT molecular complexity index is 162. The molecule has 0 unspecified atom stereocenters. The Balaban J connectivity index is 4.28. The predicted octanol–water partition coefficient (Wildman–Crippen LogP) is 1.68. The summed E-state index contributed by atoms with van der Waals surface area (Å²) in [5.41, 5.74) is 5.61. The van der Waals surface area contributed by atoms with Crippen molar-refractivity contribution in [2.24, 2.45) is 5.73 Å². The molecule has 0 aromatic rings. The molecule has 76 valence electrons. The van der Waals surface area contributed by atoms with E-state index < -0.39 is 0 Å². The van der Waals surface area contributed by atoms with Gasteiger partial charge in [0.15, 0.2) is 0 Å². The van der Waals surface area contributed by atoms with Gasteiger partial charge in [-0.1, -0.05) is 26.5 Å². The van der Waals surface area contributed by atoms with E-state index >= 15 is 0 Å². The normalized spacial score (nSPS) is 12.2. The van der Waals surface area contributed by atoms with Gasteiger partial charge in [-0.3, -0.25) is 0 Å². The third-order valence-corrected chi connectivity index (χ3v) is 1.90. The number of methoxy groups -OCH3 is 1. The summed E-state index contributed by atoms with van der Waals surface area (Å²) < 4.78 is 5.10. The largest absolute Gasteiger partial charge is 0.386 e. The highest BCUT2D eigenvalue weighted by Crippen LogP contribution is 2.10. The molecule has 0 bridgehead atoms. The number of ether oxygens (including phenoxy) is 1. The van der Waals surface area contributed by atoms with Crippen LogP contribution < -0.4 is 5.73 Å². The second kappa shape index (κ2) is 6.54. The van der Waals surface area contributed by atoms with E-state index in [0.717, 1.165) is 12.8 Å². The Morgan fingerprint density at radius 1 is 1.69 bits per heavy atom. The quantitative estimate of drug-likeness (QED) is 0.654. The summed E-state index contributed by atoms with van der Waals surface area (Å²) in [7, 11) is 1.68. The molecule has 0 aliphatic heterocycles. The molecule has 0 aliphatic carbocycles. The van der Waals surface area contributed by atoms with Crippen molar-refractivity contribution in [2.45, 2.75) is 25.8 Å². The minimum Gasteiger partial charge on any atom is -0.386 e. The third kappa shape index (κ3) is 3.99. The zero-order valence-corrected chi connectivity index (χ0v) is 8.62. The molecule has 0 saturated carbocycles. The first-order chi connectivity index (χ1) is 6.17. The van der Waals surface area contributed by atoms with E-state index in [1.165, 1.54) is 0 Å². The van der Waals surface area contributed by atoms with Gasteiger partial charge < -0.3 is 15.4 Å². The number of hydrogen-bond donors (Lipinski definition) is 1. The fourth-order valence-corrected chi connectivity index (χ4v) is 1.33. The first-order valence-corrected chi connectivity index (χ1v) is 4.51. The molecule has 0 fully saturated rings. The molecule has 2 N–H and O–H groups in total. The second-order valence-corrected chi connectivity index (χ2v) is 2.98.